The van der Waals surface area contributed by atoms with Crippen LogP contribution in [0, 0.1) is 0 Å². The largest absolute Gasteiger partial charge is 0.244 e. The molecule has 1 aromatic carbocycles. The lowest BCUT2D eigenvalue weighted by atomic mass is 10.1. The Morgan fingerprint density at radius 1 is 1.30 bits per heavy atom. The summed E-state index contributed by atoms with van der Waals surface area (Å²) in [6.07, 6.45) is 2.34. The molecular weight excluding hydrogens is 366 g/mol. The number of halogens is 2. The molecule has 8 heteroatoms. The van der Waals surface area contributed by atoms with Gasteiger partial charge < -0.3 is 0 Å². The molecule has 0 spiro atoms. The first-order chi connectivity index (χ1) is 9.38. The van der Waals surface area contributed by atoms with E-state index in [1.165, 1.54) is 12.4 Å². The maximum absolute atomic E-state index is 12.2. The molecule has 0 saturated carbocycles. The lowest BCUT2D eigenvalue weighted by molar-refractivity contribution is 0.566. The minimum Gasteiger partial charge on any atom is -0.225 e. The molecule has 0 aliphatic heterocycles. The molecule has 0 aliphatic carbocycles. The van der Waals surface area contributed by atoms with Crippen molar-refractivity contribution in [2.45, 2.75) is 17.9 Å². The molecule has 1 heterocycles. The zero-order chi connectivity index (χ0) is 14.8. The van der Waals surface area contributed by atoms with Gasteiger partial charge in [-0.2, -0.15) is 0 Å². The molecule has 0 radical (unpaired) electrons. The van der Waals surface area contributed by atoms with Crippen LogP contribution in [0.15, 0.2) is 46.0 Å². The van der Waals surface area contributed by atoms with Crippen molar-refractivity contribution in [3.05, 3.63) is 52.0 Å². The van der Waals surface area contributed by atoms with Crippen LogP contribution in [0.2, 0.25) is 5.28 Å². The summed E-state index contributed by atoms with van der Waals surface area (Å²) in [6, 6.07) is 7.03. The summed E-state index contributed by atoms with van der Waals surface area (Å²) in [4.78, 5) is 7.31. The topological polar surface area (TPSA) is 72.0 Å². The number of aromatic nitrogens is 2. The molecule has 2 aromatic rings. The van der Waals surface area contributed by atoms with Gasteiger partial charge in [0.1, 0.15) is 4.90 Å². The van der Waals surface area contributed by atoms with Gasteiger partial charge in [-0.25, -0.2) is 23.1 Å². The quantitative estimate of drug-likeness (QED) is 0.833. The molecule has 0 fully saturated rings. The third-order valence-electron chi connectivity index (χ3n) is 2.59. The monoisotopic (exact) mass is 375 g/mol. The minimum atomic E-state index is -3.69. The van der Waals surface area contributed by atoms with Crippen LogP contribution in [0.5, 0.6) is 0 Å². The molecule has 0 saturated heterocycles. The fraction of sp³-hybridized carbons (Fsp3) is 0.167. The third kappa shape index (κ3) is 3.76. The van der Waals surface area contributed by atoms with Gasteiger partial charge in [-0.05, 0) is 36.2 Å². The molecule has 1 N–H and O–H groups in total. The van der Waals surface area contributed by atoms with Crippen LogP contribution in [0.25, 0.3) is 0 Å². The molecule has 1 atom stereocenters. The summed E-state index contributed by atoms with van der Waals surface area (Å²) >= 11 is 8.89. The number of sulfonamides is 1. The first-order valence-corrected chi connectivity index (χ1v) is 8.29. The van der Waals surface area contributed by atoms with Gasteiger partial charge in [-0.15, -0.1) is 0 Å². The smallest absolute Gasteiger partial charge is 0.225 e. The van der Waals surface area contributed by atoms with E-state index in [1.807, 2.05) is 24.3 Å². The molecular formula is C12H11BrClN3O2S. The number of hydrogen-bond donors (Lipinski definition) is 1. The van der Waals surface area contributed by atoms with Gasteiger partial charge >= 0.3 is 0 Å². The van der Waals surface area contributed by atoms with Crippen molar-refractivity contribution in [3.8, 4) is 0 Å². The Morgan fingerprint density at radius 2 is 1.95 bits per heavy atom. The van der Waals surface area contributed by atoms with Crippen LogP contribution in [-0.2, 0) is 10.0 Å². The van der Waals surface area contributed by atoms with Crippen molar-refractivity contribution < 1.29 is 8.42 Å². The predicted octanol–water partition coefficient (Wildman–Crippen LogP) is 2.93. The van der Waals surface area contributed by atoms with E-state index in [-0.39, 0.29) is 16.2 Å². The Balaban J connectivity index is 2.22. The summed E-state index contributed by atoms with van der Waals surface area (Å²) in [5, 5.41) is 0.00369. The van der Waals surface area contributed by atoms with E-state index < -0.39 is 10.0 Å². The van der Waals surface area contributed by atoms with E-state index in [0.29, 0.717) is 0 Å². The van der Waals surface area contributed by atoms with Crippen molar-refractivity contribution in [2.75, 3.05) is 0 Å². The second-order valence-corrected chi connectivity index (χ2v) is 7.05. The fourth-order valence-corrected chi connectivity index (χ4v) is 3.22. The highest BCUT2D eigenvalue weighted by Gasteiger charge is 2.19. The number of nitrogens with zero attached hydrogens (tertiary/aromatic N) is 2. The summed E-state index contributed by atoms with van der Waals surface area (Å²) in [5.74, 6) is 0. The van der Waals surface area contributed by atoms with Gasteiger partial charge in [0, 0.05) is 10.5 Å². The van der Waals surface area contributed by atoms with Crippen LogP contribution in [0.4, 0.5) is 0 Å². The summed E-state index contributed by atoms with van der Waals surface area (Å²) in [5.41, 5.74) is 0.845. The van der Waals surface area contributed by atoms with Crippen molar-refractivity contribution in [2.24, 2.45) is 0 Å². The molecule has 0 aliphatic rings. The average Bonchev–Trinajstić information content (AvgIpc) is 2.38. The maximum Gasteiger partial charge on any atom is 0.244 e. The van der Waals surface area contributed by atoms with Crippen LogP contribution in [0.1, 0.15) is 18.5 Å². The highest BCUT2D eigenvalue weighted by Crippen LogP contribution is 2.20. The predicted molar refractivity (Wildman–Crippen MR) is 79.9 cm³/mol. The summed E-state index contributed by atoms with van der Waals surface area (Å²) in [7, 11) is -3.69. The van der Waals surface area contributed by atoms with Gasteiger partial charge in [0.15, 0.2) is 0 Å². The molecule has 2 rings (SSSR count). The first kappa shape index (κ1) is 15.4. The maximum atomic E-state index is 12.2. The van der Waals surface area contributed by atoms with E-state index in [1.54, 1.807) is 6.92 Å². The molecule has 1 unspecified atom stereocenters. The Morgan fingerprint density at radius 3 is 2.55 bits per heavy atom. The van der Waals surface area contributed by atoms with Gasteiger partial charge in [0.2, 0.25) is 15.3 Å². The molecule has 20 heavy (non-hydrogen) atoms. The Kier molecular flexibility index (Phi) is 4.74. The lowest BCUT2D eigenvalue weighted by Gasteiger charge is -2.14. The van der Waals surface area contributed by atoms with Crippen LogP contribution >= 0.6 is 27.5 Å². The average molecular weight is 377 g/mol. The molecule has 0 amide bonds. The van der Waals surface area contributed by atoms with E-state index in [9.17, 15) is 8.42 Å². The fourth-order valence-electron chi connectivity index (χ4n) is 1.58. The third-order valence-corrected chi connectivity index (χ3v) is 4.77. The standard InChI is InChI=1S/C12H11BrClN3O2S/c1-8(9-3-2-4-10(13)5-9)17-20(18,19)11-6-15-12(14)16-7-11/h2-8,17H,1H3. The number of benzene rings is 1. The van der Waals surface area contributed by atoms with Crippen molar-refractivity contribution >= 4 is 37.6 Å². The normalized spacial score (nSPS) is 13.2. The van der Waals surface area contributed by atoms with Crippen molar-refractivity contribution in [1.82, 2.24) is 14.7 Å². The number of rotatable bonds is 4. The van der Waals surface area contributed by atoms with E-state index in [2.05, 4.69) is 30.6 Å². The Hall–Kier alpha value is -1.02. The second kappa shape index (κ2) is 6.17. The van der Waals surface area contributed by atoms with Crippen LogP contribution in [-0.4, -0.2) is 18.4 Å². The van der Waals surface area contributed by atoms with Gasteiger partial charge in [0.05, 0.1) is 12.4 Å². The Bertz CT molecular complexity index is 707. The SMILES string of the molecule is CC(NS(=O)(=O)c1cnc(Cl)nc1)c1cccc(Br)c1. The summed E-state index contributed by atoms with van der Waals surface area (Å²) in [6.45, 7) is 1.76. The van der Waals surface area contributed by atoms with Gasteiger partial charge in [-0.3, -0.25) is 0 Å². The first-order valence-electron chi connectivity index (χ1n) is 5.64. The lowest BCUT2D eigenvalue weighted by Crippen LogP contribution is -2.27. The zero-order valence-electron chi connectivity index (χ0n) is 10.4. The minimum absolute atomic E-state index is 0.00369. The highest BCUT2D eigenvalue weighted by atomic mass is 79.9. The molecule has 0 bridgehead atoms. The van der Waals surface area contributed by atoms with Crippen molar-refractivity contribution in [3.63, 3.8) is 0 Å². The Labute approximate surface area is 130 Å². The van der Waals surface area contributed by atoms with Crippen LogP contribution < -0.4 is 4.72 Å². The van der Waals surface area contributed by atoms with E-state index >= 15 is 0 Å². The molecule has 106 valence electrons. The van der Waals surface area contributed by atoms with Gasteiger partial charge in [-0.1, -0.05) is 28.1 Å². The zero-order valence-corrected chi connectivity index (χ0v) is 13.6. The van der Waals surface area contributed by atoms with Gasteiger partial charge in [0.25, 0.3) is 0 Å². The van der Waals surface area contributed by atoms with E-state index in [4.69, 9.17) is 11.6 Å². The second-order valence-electron chi connectivity index (χ2n) is 4.09. The number of nitrogens with one attached hydrogen (secondary N) is 1. The van der Waals surface area contributed by atoms with E-state index in [0.717, 1.165) is 10.0 Å². The van der Waals surface area contributed by atoms with Crippen LogP contribution in [0.3, 0.4) is 0 Å². The summed E-state index contributed by atoms with van der Waals surface area (Å²) < 4.78 is 27.8. The van der Waals surface area contributed by atoms with Crippen molar-refractivity contribution in [1.29, 1.82) is 0 Å². The number of hydrogen-bond acceptors (Lipinski definition) is 4. The molecule has 1 aromatic heterocycles. The molecule has 5 nitrogen and oxygen atoms in total. The highest BCUT2D eigenvalue weighted by molar-refractivity contribution is 9.10.